The molecule has 14 heteroatoms. The molecular weight excluding hydrogens is 522 g/mol. The average molecular weight is 537 g/mol. The van der Waals surface area contributed by atoms with Gasteiger partial charge in [-0.25, -0.2) is 21.6 Å². The van der Waals surface area contributed by atoms with E-state index in [9.17, 15) is 17.2 Å². The molecule has 1 aromatic heterocycles. The van der Waals surface area contributed by atoms with Gasteiger partial charge in [-0.2, -0.15) is 9.82 Å². The van der Waals surface area contributed by atoms with Gasteiger partial charge in [-0.3, -0.25) is 5.10 Å². The second-order valence-electron chi connectivity index (χ2n) is 7.33. The Bertz CT molecular complexity index is 1590. The van der Waals surface area contributed by atoms with Gasteiger partial charge in [0.25, 0.3) is 0 Å². The fraction of sp³-hybridized carbons (Fsp3) is 0.0476. The summed E-state index contributed by atoms with van der Waals surface area (Å²) in [6.07, 6.45) is 1.29. The number of H-pyrrole nitrogens is 1. The largest absolute Gasteiger partial charge is 0.454 e. The molecule has 5 rings (SSSR count). The van der Waals surface area contributed by atoms with E-state index in [1.165, 1.54) is 18.5 Å². The summed E-state index contributed by atoms with van der Waals surface area (Å²) >= 11 is 7.06. The molecule has 1 unspecified atom stereocenters. The topological polar surface area (TPSA) is 134 Å². The van der Waals surface area contributed by atoms with Crippen LogP contribution < -0.4 is 20.5 Å². The van der Waals surface area contributed by atoms with Crippen molar-refractivity contribution in [3.63, 3.8) is 0 Å². The molecule has 5 N–H and O–H groups in total. The van der Waals surface area contributed by atoms with Crippen LogP contribution in [0, 0.1) is 11.6 Å². The summed E-state index contributed by atoms with van der Waals surface area (Å²) in [5, 5.41) is 10.4. The number of aromatic amines is 1. The first-order valence-electron chi connectivity index (χ1n) is 9.88. The number of sulfonamides is 1. The quantitative estimate of drug-likeness (QED) is 0.269. The molecule has 0 bridgehead atoms. The van der Waals surface area contributed by atoms with Gasteiger partial charge in [-0.15, -0.1) is 0 Å². The Morgan fingerprint density at radius 2 is 1.91 bits per heavy atom. The molecule has 0 saturated carbocycles. The van der Waals surface area contributed by atoms with E-state index in [1.54, 1.807) is 24.3 Å². The van der Waals surface area contributed by atoms with Crippen LogP contribution in [-0.2, 0) is 10.0 Å². The minimum absolute atomic E-state index is 0.159. The third-order valence-corrected chi connectivity index (χ3v) is 7.56. The van der Waals surface area contributed by atoms with E-state index < -0.39 is 37.8 Å². The number of aromatic nitrogens is 2. The molecule has 1 atom stereocenters. The number of halogens is 3. The fourth-order valence-corrected chi connectivity index (χ4v) is 5.55. The number of rotatable bonds is 6. The normalized spacial score (nSPS) is 15.5. The zero-order chi connectivity index (χ0) is 24.7. The zero-order valence-electron chi connectivity index (χ0n) is 17.4. The Labute approximate surface area is 206 Å². The van der Waals surface area contributed by atoms with Crippen LogP contribution in [0.3, 0.4) is 0 Å². The van der Waals surface area contributed by atoms with E-state index in [0.717, 1.165) is 11.9 Å². The first kappa shape index (κ1) is 23.4. The zero-order valence-corrected chi connectivity index (χ0v) is 19.8. The molecule has 1 aliphatic heterocycles. The predicted octanol–water partition coefficient (Wildman–Crippen LogP) is 4.38. The predicted molar refractivity (Wildman–Crippen MR) is 131 cm³/mol. The lowest BCUT2D eigenvalue weighted by Crippen LogP contribution is -2.40. The van der Waals surface area contributed by atoms with Crippen molar-refractivity contribution in [2.24, 2.45) is 4.40 Å². The number of anilines is 1. The van der Waals surface area contributed by atoms with Crippen LogP contribution in [0.5, 0.6) is 11.5 Å². The Kier molecular flexibility index (Phi) is 6.01. The lowest BCUT2D eigenvalue weighted by Gasteiger charge is -2.15. The number of nitrogens with one attached hydrogen (secondary N) is 3. The Morgan fingerprint density at radius 1 is 1.09 bits per heavy atom. The number of ether oxygens (including phenoxy) is 1. The van der Waals surface area contributed by atoms with Crippen molar-refractivity contribution in [2.45, 2.75) is 10.4 Å². The molecule has 4 aromatic rings. The minimum Gasteiger partial charge on any atom is -0.454 e. The van der Waals surface area contributed by atoms with Gasteiger partial charge < -0.3 is 15.8 Å². The lowest BCUT2D eigenvalue weighted by molar-refractivity contribution is 0.433. The van der Waals surface area contributed by atoms with Crippen LogP contribution in [0.1, 0.15) is 0 Å². The molecule has 35 heavy (non-hydrogen) atoms. The summed E-state index contributed by atoms with van der Waals surface area (Å²) in [5.41, 5.74) is 6.88. The van der Waals surface area contributed by atoms with Crippen molar-refractivity contribution in [1.82, 2.24) is 20.2 Å². The third-order valence-electron chi connectivity index (χ3n) is 5.05. The second-order valence-corrected chi connectivity index (χ2v) is 10.3. The molecule has 3 aromatic carbocycles. The summed E-state index contributed by atoms with van der Waals surface area (Å²) in [5.74, 6) is -2.33. The van der Waals surface area contributed by atoms with Crippen LogP contribution in [0.2, 0.25) is 5.02 Å². The van der Waals surface area contributed by atoms with Crippen molar-refractivity contribution in [2.75, 3.05) is 5.73 Å². The molecule has 2 heterocycles. The van der Waals surface area contributed by atoms with E-state index >= 15 is 0 Å². The van der Waals surface area contributed by atoms with Gasteiger partial charge in [0, 0.05) is 40.1 Å². The van der Waals surface area contributed by atoms with E-state index in [4.69, 9.17) is 22.1 Å². The van der Waals surface area contributed by atoms with Crippen LogP contribution >= 0.6 is 23.5 Å². The standard InChI is InChI=1S/C21H15ClF2N6O3S2/c22-11-2-4-17(12(6-11)10-1-3-16-13(5-10)20(25)29-28-16)33-18-7-15(24)19(8-14(18)23)35(31,32)30-21-26-9-27-34-21/h1-9,21,30H,(H,26,27)(H3,25,28,29). The number of hydrogen-bond acceptors (Lipinski definition) is 8. The van der Waals surface area contributed by atoms with Gasteiger partial charge in [-0.1, -0.05) is 17.7 Å². The maximum Gasteiger partial charge on any atom is 0.246 e. The van der Waals surface area contributed by atoms with Gasteiger partial charge in [0.05, 0.1) is 11.9 Å². The van der Waals surface area contributed by atoms with Gasteiger partial charge >= 0.3 is 0 Å². The highest BCUT2D eigenvalue weighted by Gasteiger charge is 2.27. The summed E-state index contributed by atoms with van der Waals surface area (Å²) < 4.78 is 66.4. The summed E-state index contributed by atoms with van der Waals surface area (Å²) in [4.78, 5) is -0.867. The van der Waals surface area contributed by atoms with Gasteiger partial charge in [0.1, 0.15) is 16.5 Å². The molecule has 1 aliphatic rings. The summed E-state index contributed by atoms with van der Waals surface area (Å²) in [7, 11) is -4.38. The van der Waals surface area contributed by atoms with Crippen LogP contribution in [-0.4, -0.2) is 30.5 Å². The number of benzene rings is 3. The van der Waals surface area contributed by atoms with Gasteiger partial charge in [-0.05, 0) is 35.9 Å². The molecule has 0 saturated heterocycles. The summed E-state index contributed by atoms with van der Waals surface area (Å²) in [6, 6.07) is 11.1. The van der Waals surface area contributed by atoms with Crippen molar-refractivity contribution >= 4 is 56.6 Å². The minimum atomic E-state index is -4.38. The van der Waals surface area contributed by atoms with Crippen molar-refractivity contribution in [1.29, 1.82) is 0 Å². The SMILES string of the molecule is Nc1n[nH]c2ccc(-c3cc(Cl)ccc3Oc3cc(F)c(S(=O)(=O)NC4NC=NS4)cc3F)cc12. The lowest BCUT2D eigenvalue weighted by atomic mass is 10.0. The molecule has 0 aliphatic carbocycles. The van der Waals surface area contributed by atoms with Crippen LogP contribution in [0.15, 0.2) is 57.8 Å². The van der Waals surface area contributed by atoms with Crippen molar-refractivity contribution in [3.8, 4) is 22.6 Å². The molecule has 0 spiro atoms. The number of hydrogen-bond donors (Lipinski definition) is 4. The fourth-order valence-electron chi connectivity index (χ4n) is 3.41. The molecule has 0 radical (unpaired) electrons. The number of fused-ring (bicyclic) bond motifs is 1. The third kappa shape index (κ3) is 4.62. The maximum absolute atomic E-state index is 14.9. The molecule has 0 fully saturated rings. The van der Waals surface area contributed by atoms with Gasteiger partial charge in [0.2, 0.25) is 10.0 Å². The monoisotopic (exact) mass is 536 g/mol. The molecule has 9 nitrogen and oxygen atoms in total. The molecule has 180 valence electrons. The van der Waals surface area contributed by atoms with Crippen LogP contribution in [0.25, 0.3) is 22.0 Å². The Balaban J connectivity index is 1.49. The first-order valence-corrected chi connectivity index (χ1v) is 12.6. The van der Waals surface area contributed by atoms with Crippen LogP contribution in [0.4, 0.5) is 14.6 Å². The number of nitrogens with zero attached hydrogens (tertiary/aromatic N) is 2. The summed E-state index contributed by atoms with van der Waals surface area (Å²) in [6.45, 7) is 0. The smallest absolute Gasteiger partial charge is 0.246 e. The molecular formula is C21H15ClF2N6O3S2. The van der Waals surface area contributed by atoms with E-state index in [-0.39, 0.29) is 5.75 Å². The highest BCUT2D eigenvalue weighted by atomic mass is 35.5. The highest BCUT2D eigenvalue weighted by Crippen LogP contribution is 2.38. The van der Waals surface area contributed by atoms with E-state index in [2.05, 4.69) is 24.6 Å². The van der Waals surface area contributed by atoms with E-state index in [0.29, 0.717) is 45.0 Å². The number of nitrogen functional groups attached to an aromatic ring is 1. The average Bonchev–Trinajstić information content (AvgIpc) is 3.46. The second kappa shape index (κ2) is 9.00. The number of nitrogens with two attached hydrogens (primary N) is 1. The Morgan fingerprint density at radius 3 is 2.69 bits per heavy atom. The van der Waals surface area contributed by atoms with E-state index in [1.807, 2.05) is 0 Å². The first-order chi connectivity index (χ1) is 16.7. The maximum atomic E-state index is 14.9. The molecule has 0 amide bonds. The van der Waals surface area contributed by atoms with Gasteiger partial charge in [0.15, 0.2) is 22.9 Å². The van der Waals surface area contributed by atoms with Crippen molar-refractivity contribution < 1.29 is 21.9 Å². The van der Waals surface area contributed by atoms with Crippen molar-refractivity contribution in [3.05, 3.63) is 65.2 Å². The highest BCUT2D eigenvalue weighted by molar-refractivity contribution is 8.00. The Hall–Kier alpha value is -3.39.